The molecule has 0 aromatic heterocycles. The molecule has 0 atom stereocenters. The molecule has 5 nitrogen and oxygen atoms in total. The molecule has 0 unspecified atom stereocenters. The third kappa shape index (κ3) is 7.00. The van der Waals surface area contributed by atoms with E-state index >= 15 is 0 Å². The number of carbonyl (C=O) groups excluding carboxylic acids is 1. The van der Waals surface area contributed by atoms with Crippen molar-refractivity contribution in [3.8, 4) is 0 Å². The molecule has 1 N–H and O–H groups in total. The van der Waals surface area contributed by atoms with Gasteiger partial charge in [0.15, 0.2) is 0 Å². The number of nitrogens with one attached hydrogen (secondary N) is 1. The minimum atomic E-state index is -3.96. The van der Waals surface area contributed by atoms with Gasteiger partial charge in [-0.25, -0.2) is 8.42 Å². The molecule has 3 rings (SSSR count). The molecule has 0 bridgehead atoms. The van der Waals surface area contributed by atoms with Crippen molar-refractivity contribution in [2.24, 2.45) is 0 Å². The average Bonchev–Trinajstić information content (AvgIpc) is 2.80. The van der Waals surface area contributed by atoms with Gasteiger partial charge >= 0.3 is 0 Å². The van der Waals surface area contributed by atoms with Crippen LogP contribution in [0.15, 0.2) is 77.7 Å². The first-order valence-corrected chi connectivity index (χ1v) is 13.5. The topological polar surface area (TPSA) is 66.5 Å². The third-order valence-corrected chi connectivity index (χ3v) is 8.25. The summed E-state index contributed by atoms with van der Waals surface area (Å²) in [5.41, 5.74) is 3.35. The molecule has 3 aromatic carbocycles. The fourth-order valence-corrected chi connectivity index (χ4v) is 5.51. The Labute approximate surface area is 205 Å². The van der Waals surface area contributed by atoms with Gasteiger partial charge in [0.05, 0.1) is 10.6 Å². The van der Waals surface area contributed by atoms with Crippen LogP contribution in [0, 0.1) is 13.8 Å². The molecular formula is C25H27ClN2O3S2. The number of rotatable bonds is 10. The van der Waals surface area contributed by atoms with Crippen molar-refractivity contribution < 1.29 is 13.2 Å². The number of anilines is 1. The summed E-state index contributed by atoms with van der Waals surface area (Å²) in [6.45, 7) is 3.84. The number of sulfonamides is 1. The maximum absolute atomic E-state index is 13.4. The molecule has 0 radical (unpaired) electrons. The monoisotopic (exact) mass is 502 g/mol. The van der Waals surface area contributed by atoms with Gasteiger partial charge in [0.2, 0.25) is 5.91 Å². The van der Waals surface area contributed by atoms with Gasteiger partial charge in [-0.05, 0) is 49.2 Å². The summed E-state index contributed by atoms with van der Waals surface area (Å²) >= 11 is 7.96. The van der Waals surface area contributed by atoms with E-state index in [1.807, 2.05) is 32.0 Å². The maximum atomic E-state index is 13.4. The smallest absolute Gasteiger partial charge is 0.264 e. The normalized spacial score (nSPS) is 11.2. The number of thioether (sulfide) groups is 1. The Balaban J connectivity index is 1.69. The van der Waals surface area contributed by atoms with E-state index in [-0.39, 0.29) is 17.3 Å². The number of amides is 1. The zero-order chi connectivity index (χ0) is 23.8. The Morgan fingerprint density at radius 2 is 1.70 bits per heavy atom. The summed E-state index contributed by atoms with van der Waals surface area (Å²) in [4.78, 5) is 12.8. The molecule has 8 heteroatoms. The van der Waals surface area contributed by atoms with Gasteiger partial charge in [-0.2, -0.15) is 11.8 Å². The van der Waals surface area contributed by atoms with E-state index in [4.69, 9.17) is 11.6 Å². The average molecular weight is 503 g/mol. The van der Waals surface area contributed by atoms with Crippen LogP contribution in [0.3, 0.4) is 0 Å². The summed E-state index contributed by atoms with van der Waals surface area (Å²) < 4.78 is 27.9. The first-order valence-electron chi connectivity index (χ1n) is 10.5. The first kappa shape index (κ1) is 25.1. The van der Waals surface area contributed by atoms with E-state index in [2.05, 4.69) is 17.4 Å². The highest BCUT2D eigenvalue weighted by Gasteiger charge is 2.27. The van der Waals surface area contributed by atoms with Crippen LogP contribution in [0.2, 0.25) is 5.02 Å². The SMILES string of the molecule is Cc1ccc(S(=O)(=O)N(CC(=O)NCCSCc2ccccc2)c2ccc(C)c(Cl)c2)cc1. The summed E-state index contributed by atoms with van der Waals surface area (Å²) in [5, 5.41) is 3.27. The molecular weight excluding hydrogens is 476 g/mol. The van der Waals surface area contributed by atoms with E-state index < -0.39 is 10.0 Å². The van der Waals surface area contributed by atoms with E-state index in [1.165, 1.54) is 5.56 Å². The lowest BCUT2D eigenvalue weighted by atomic mass is 10.2. The number of carbonyl (C=O) groups is 1. The van der Waals surface area contributed by atoms with Crippen LogP contribution in [-0.4, -0.2) is 33.2 Å². The minimum Gasteiger partial charge on any atom is -0.354 e. The molecule has 1 amide bonds. The highest BCUT2D eigenvalue weighted by molar-refractivity contribution is 7.98. The number of nitrogens with zero attached hydrogens (tertiary/aromatic N) is 1. The van der Waals surface area contributed by atoms with Crippen molar-refractivity contribution >= 4 is 45.0 Å². The zero-order valence-corrected chi connectivity index (χ0v) is 21.0. The van der Waals surface area contributed by atoms with Gasteiger partial charge in [-0.3, -0.25) is 9.10 Å². The lowest BCUT2D eigenvalue weighted by Gasteiger charge is -2.24. The molecule has 0 fully saturated rings. The second kappa shape index (κ2) is 11.6. The molecule has 0 aliphatic carbocycles. The van der Waals surface area contributed by atoms with Crippen LogP contribution in [0.4, 0.5) is 5.69 Å². The number of benzene rings is 3. The van der Waals surface area contributed by atoms with Crippen LogP contribution in [0.5, 0.6) is 0 Å². The van der Waals surface area contributed by atoms with Gasteiger partial charge in [0.1, 0.15) is 6.54 Å². The molecule has 0 aliphatic heterocycles. The van der Waals surface area contributed by atoms with E-state index in [0.717, 1.165) is 26.9 Å². The van der Waals surface area contributed by atoms with Gasteiger partial charge in [0, 0.05) is 23.1 Å². The Morgan fingerprint density at radius 1 is 1.00 bits per heavy atom. The third-order valence-electron chi connectivity index (χ3n) is 5.02. The molecule has 33 heavy (non-hydrogen) atoms. The first-order chi connectivity index (χ1) is 15.8. The number of halogens is 1. The lowest BCUT2D eigenvalue weighted by molar-refractivity contribution is -0.119. The molecule has 3 aromatic rings. The number of aryl methyl sites for hydroxylation is 2. The predicted octanol–water partition coefficient (Wildman–Crippen LogP) is 5.20. The molecule has 174 valence electrons. The van der Waals surface area contributed by atoms with Crippen molar-refractivity contribution in [2.45, 2.75) is 24.5 Å². The minimum absolute atomic E-state index is 0.121. The fourth-order valence-electron chi connectivity index (χ4n) is 3.10. The number of hydrogen-bond acceptors (Lipinski definition) is 4. The summed E-state index contributed by atoms with van der Waals surface area (Å²) in [7, 11) is -3.96. The van der Waals surface area contributed by atoms with Crippen LogP contribution in [0.1, 0.15) is 16.7 Å². The van der Waals surface area contributed by atoms with Crippen LogP contribution >= 0.6 is 23.4 Å². The van der Waals surface area contributed by atoms with E-state index in [9.17, 15) is 13.2 Å². The zero-order valence-electron chi connectivity index (χ0n) is 18.6. The summed E-state index contributed by atoms with van der Waals surface area (Å²) in [5.74, 6) is 1.21. The standard InChI is InChI=1S/C25H27ClN2O3S2/c1-19-8-12-23(13-9-19)33(30,31)28(22-11-10-20(2)24(26)16-22)17-25(29)27-14-15-32-18-21-6-4-3-5-7-21/h3-13,16H,14-15,17-18H2,1-2H3,(H,27,29). The second-order valence-corrected chi connectivity index (χ2v) is 11.0. The van der Waals surface area contributed by atoms with E-state index in [0.29, 0.717) is 17.3 Å². The van der Waals surface area contributed by atoms with Gasteiger partial charge < -0.3 is 5.32 Å². The van der Waals surface area contributed by atoms with Gasteiger partial charge in [0.25, 0.3) is 10.0 Å². The Kier molecular flexibility index (Phi) is 8.83. The molecule has 0 heterocycles. The highest BCUT2D eigenvalue weighted by Crippen LogP contribution is 2.28. The molecule has 0 spiro atoms. The van der Waals surface area contributed by atoms with Crippen molar-refractivity contribution in [1.82, 2.24) is 5.32 Å². The molecule has 0 aliphatic rings. The van der Waals surface area contributed by atoms with Crippen LogP contribution in [0.25, 0.3) is 0 Å². The van der Waals surface area contributed by atoms with Gasteiger partial charge in [-0.1, -0.05) is 65.7 Å². The maximum Gasteiger partial charge on any atom is 0.264 e. The Morgan fingerprint density at radius 3 is 2.36 bits per heavy atom. The quantitative estimate of drug-likeness (QED) is 0.387. The van der Waals surface area contributed by atoms with Crippen molar-refractivity contribution in [2.75, 3.05) is 23.1 Å². The van der Waals surface area contributed by atoms with Crippen molar-refractivity contribution in [3.05, 3.63) is 94.5 Å². The van der Waals surface area contributed by atoms with Crippen molar-refractivity contribution in [1.29, 1.82) is 0 Å². The lowest BCUT2D eigenvalue weighted by Crippen LogP contribution is -2.41. The fraction of sp³-hybridized carbons (Fsp3) is 0.240. The number of hydrogen-bond donors (Lipinski definition) is 1. The summed E-state index contributed by atoms with van der Waals surface area (Å²) in [6.07, 6.45) is 0. The Hall–Kier alpha value is -2.48. The second-order valence-electron chi connectivity index (χ2n) is 7.65. The predicted molar refractivity (Wildman–Crippen MR) is 138 cm³/mol. The van der Waals surface area contributed by atoms with Crippen LogP contribution in [-0.2, 0) is 20.6 Å². The van der Waals surface area contributed by atoms with E-state index in [1.54, 1.807) is 54.2 Å². The van der Waals surface area contributed by atoms with Crippen LogP contribution < -0.4 is 9.62 Å². The molecule has 0 saturated carbocycles. The van der Waals surface area contributed by atoms with Crippen molar-refractivity contribution in [3.63, 3.8) is 0 Å². The Bertz CT molecular complexity index is 1180. The molecule has 0 saturated heterocycles. The summed E-state index contributed by atoms with van der Waals surface area (Å²) in [6, 6.07) is 21.6. The van der Waals surface area contributed by atoms with Gasteiger partial charge in [-0.15, -0.1) is 0 Å². The largest absolute Gasteiger partial charge is 0.354 e. The highest BCUT2D eigenvalue weighted by atomic mass is 35.5.